The average Bonchev–Trinajstić information content (AvgIpc) is 1.87. The van der Waals surface area contributed by atoms with Gasteiger partial charge in [-0.15, -0.1) is 0 Å². The first kappa shape index (κ1) is 10.3. The van der Waals surface area contributed by atoms with Gasteiger partial charge in [-0.05, 0) is 38.8 Å². The van der Waals surface area contributed by atoms with Gasteiger partial charge in [-0.2, -0.15) is 0 Å². The molecule has 0 fully saturated rings. The van der Waals surface area contributed by atoms with E-state index in [2.05, 4.69) is 11.5 Å². The molecule has 0 amide bonds. The summed E-state index contributed by atoms with van der Waals surface area (Å²) in [6.07, 6.45) is 2.34. The second kappa shape index (κ2) is 4.20. The van der Waals surface area contributed by atoms with Crippen LogP contribution in [0.5, 0.6) is 0 Å². The van der Waals surface area contributed by atoms with Crippen LogP contribution in [-0.2, 0) is 0 Å². The number of allylic oxidation sites excluding steroid dienone is 1. The minimum absolute atomic E-state index is 0.699. The van der Waals surface area contributed by atoms with E-state index in [1.807, 2.05) is 20.8 Å². The Labute approximate surface area is 68.7 Å². The molecule has 0 aromatic carbocycles. The molecule has 0 rings (SSSR count). The van der Waals surface area contributed by atoms with E-state index in [4.69, 9.17) is 0 Å². The number of rotatable bonds is 2. The standard InChI is InChI=1S/C10H16O/c1-5-10(4,11)8-6-7-9(2)3/h8,11H,5H2,1-4H3. The van der Waals surface area contributed by atoms with Gasteiger partial charge in [0, 0.05) is 0 Å². The fourth-order valence-corrected chi connectivity index (χ4v) is 0.438. The van der Waals surface area contributed by atoms with E-state index in [1.165, 1.54) is 0 Å². The summed E-state index contributed by atoms with van der Waals surface area (Å²) in [5.74, 6) is 0. The monoisotopic (exact) mass is 152 g/mol. The van der Waals surface area contributed by atoms with E-state index < -0.39 is 5.60 Å². The molecule has 1 heteroatoms. The van der Waals surface area contributed by atoms with Gasteiger partial charge in [-0.1, -0.05) is 18.4 Å². The first-order valence-electron chi connectivity index (χ1n) is 3.86. The quantitative estimate of drug-likeness (QED) is 0.602. The lowest BCUT2D eigenvalue weighted by molar-refractivity contribution is 0.108. The smallest absolute Gasteiger partial charge is 0.0876 e. The number of hydrogen-bond donors (Lipinski definition) is 1. The molecule has 0 heterocycles. The lowest BCUT2D eigenvalue weighted by Gasteiger charge is -2.12. The maximum Gasteiger partial charge on any atom is 0.0876 e. The molecule has 1 N–H and O–H groups in total. The topological polar surface area (TPSA) is 20.2 Å². The fourth-order valence-electron chi connectivity index (χ4n) is 0.438. The summed E-state index contributed by atoms with van der Waals surface area (Å²) < 4.78 is 0. The summed E-state index contributed by atoms with van der Waals surface area (Å²) in [5.41, 5.74) is 6.03. The lowest BCUT2D eigenvalue weighted by atomic mass is 10.0. The fraction of sp³-hybridized carbons (Fsp3) is 0.600. The molecule has 0 saturated heterocycles. The third-order valence-electron chi connectivity index (χ3n) is 1.42. The molecule has 0 aliphatic heterocycles. The van der Waals surface area contributed by atoms with Crippen LogP contribution < -0.4 is 0 Å². The van der Waals surface area contributed by atoms with Crippen molar-refractivity contribution in [3.05, 3.63) is 23.1 Å². The van der Waals surface area contributed by atoms with Crippen LogP contribution in [0.25, 0.3) is 0 Å². The molecule has 0 aliphatic rings. The van der Waals surface area contributed by atoms with Crippen molar-refractivity contribution in [3.8, 4) is 0 Å². The Morgan fingerprint density at radius 1 is 1.55 bits per heavy atom. The van der Waals surface area contributed by atoms with Crippen molar-refractivity contribution in [2.75, 3.05) is 0 Å². The van der Waals surface area contributed by atoms with Crippen molar-refractivity contribution in [1.82, 2.24) is 0 Å². The molecular formula is C10H16O. The summed E-state index contributed by atoms with van der Waals surface area (Å²) in [7, 11) is 0. The normalized spacial score (nSPS) is 14.3. The van der Waals surface area contributed by atoms with Crippen LogP contribution in [0.2, 0.25) is 0 Å². The molecule has 11 heavy (non-hydrogen) atoms. The third kappa shape index (κ3) is 5.69. The third-order valence-corrected chi connectivity index (χ3v) is 1.42. The van der Waals surface area contributed by atoms with E-state index >= 15 is 0 Å². The van der Waals surface area contributed by atoms with E-state index in [1.54, 1.807) is 13.0 Å². The Kier molecular flexibility index (Phi) is 3.92. The van der Waals surface area contributed by atoms with Gasteiger partial charge in [0.25, 0.3) is 0 Å². The Morgan fingerprint density at radius 3 is 2.45 bits per heavy atom. The van der Waals surface area contributed by atoms with Gasteiger partial charge in [-0.25, -0.2) is 0 Å². The Morgan fingerprint density at radius 2 is 2.09 bits per heavy atom. The molecule has 0 aliphatic carbocycles. The molecule has 0 radical (unpaired) electrons. The molecular weight excluding hydrogens is 136 g/mol. The van der Waals surface area contributed by atoms with Gasteiger partial charge >= 0.3 is 0 Å². The van der Waals surface area contributed by atoms with Crippen molar-refractivity contribution in [3.63, 3.8) is 0 Å². The largest absolute Gasteiger partial charge is 0.385 e. The van der Waals surface area contributed by atoms with Crippen LogP contribution in [0.15, 0.2) is 23.1 Å². The Hall–Kier alpha value is -0.740. The average molecular weight is 152 g/mol. The van der Waals surface area contributed by atoms with E-state index in [9.17, 15) is 5.11 Å². The Bertz CT molecular complexity index is 207. The summed E-state index contributed by atoms with van der Waals surface area (Å²) in [6, 6.07) is 0. The minimum atomic E-state index is -0.734. The second-order valence-electron chi connectivity index (χ2n) is 3.12. The van der Waals surface area contributed by atoms with E-state index in [-0.39, 0.29) is 0 Å². The van der Waals surface area contributed by atoms with Crippen molar-refractivity contribution in [1.29, 1.82) is 0 Å². The van der Waals surface area contributed by atoms with Gasteiger partial charge in [0.05, 0.1) is 5.60 Å². The highest BCUT2D eigenvalue weighted by atomic mass is 16.3. The molecule has 0 spiro atoms. The molecule has 0 saturated carbocycles. The van der Waals surface area contributed by atoms with Crippen molar-refractivity contribution in [2.24, 2.45) is 0 Å². The molecule has 1 nitrogen and oxygen atoms in total. The van der Waals surface area contributed by atoms with Crippen LogP contribution >= 0.6 is 0 Å². The summed E-state index contributed by atoms with van der Waals surface area (Å²) in [4.78, 5) is 0. The Balaban J connectivity index is 4.48. The molecule has 0 bridgehead atoms. The zero-order valence-electron chi connectivity index (χ0n) is 7.73. The van der Waals surface area contributed by atoms with Gasteiger partial charge in [0.15, 0.2) is 0 Å². The summed E-state index contributed by atoms with van der Waals surface area (Å²) in [5, 5.41) is 9.47. The first-order chi connectivity index (χ1) is 4.98. The molecule has 62 valence electrons. The van der Waals surface area contributed by atoms with Crippen LogP contribution in [0.3, 0.4) is 0 Å². The highest BCUT2D eigenvalue weighted by Crippen LogP contribution is 2.08. The van der Waals surface area contributed by atoms with Crippen molar-refractivity contribution in [2.45, 2.75) is 39.7 Å². The SMILES string of the molecule is CCC(C)(O)C=C=C=C(C)C. The predicted molar refractivity (Wildman–Crippen MR) is 47.4 cm³/mol. The van der Waals surface area contributed by atoms with Crippen LogP contribution in [0.1, 0.15) is 34.1 Å². The minimum Gasteiger partial charge on any atom is -0.385 e. The van der Waals surface area contributed by atoms with Crippen LogP contribution in [0, 0.1) is 0 Å². The highest BCUT2D eigenvalue weighted by Gasteiger charge is 2.11. The summed E-state index contributed by atoms with van der Waals surface area (Å²) >= 11 is 0. The van der Waals surface area contributed by atoms with Crippen LogP contribution in [0.4, 0.5) is 0 Å². The lowest BCUT2D eigenvalue weighted by Crippen LogP contribution is -2.17. The van der Waals surface area contributed by atoms with Crippen molar-refractivity contribution >= 4 is 0 Å². The summed E-state index contributed by atoms with van der Waals surface area (Å²) in [6.45, 7) is 7.58. The van der Waals surface area contributed by atoms with Gasteiger partial charge in [0.2, 0.25) is 0 Å². The molecule has 1 atom stereocenters. The predicted octanol–water partition coefficient (Wildman–Crippen LogP) is 2.42. The van der Waals surface area contributed by atoms with Crippen LogP contribution in [-0.4, -0.2) is 10.7 Å². The van der Waals surface area contributed by atoms with Gasteiger partial charge in [-0.3, -0.25) is 0 Å². The maximum absolute atomic E-state index is 9.47. The van der Waals surface area contributed by atoms with Crippen molar-refractivity contribution < 1.29 is 5.11 Å². The molecule has 0 aromatic heterocycles. The van der Waals surface area contributed by atoms with E-state index in [0.29, 0.717) is 6.42 Å². The van der Waals surface area contributed by atoms with E-state index in [0.717, 1.165) is 5.57 Å². The maximum atomic E-state index is 9.47. The second-order valence-corrected chi connectivity index (χ2v) is 3.12. The van der Waals surface area contributed by atoms with Gasteiger partial charge in [0.1, 0.15) is 0 Å². The molecule has 0 aromatic rings. The first-order valence-corrected chi connectivity index (χ1v) is 3.86. The number of hydrogen-bond acceptors (Lipinski definition) is 1. The highest BCUT2D eigenvalue weighted by molar-refractivity contribution is 5.00. The zero-order valence-corrected chi connectivity index (χ0v) is 7.73. The zero-order chi connectivity index (χ0) is 8.91. The van der Waals surface area contributed by atoms with Gasteiger partial charge < -0.3 is 5.11 Å². The molecule has 1 unspecified atom stereocenters. The number of aliphatic hydroxyl groups is 1.